The number of rotatable bonds is 9. The number of ether oxygens (including phenoxy) is 2. The highest BCUT2D eigenvalue weighted by molar-refractivity contribution is 5.66. The fourth-order valence-corrected chi connectivity index (χ4v) is 1.02. The van der Waals surface area contributed by atoms with Crippen LogP contribution in [0.1, 0.15) is 19.8 Å². The molecule has 1 amide bonds. The zero-order valence-corrected chi connectivity index (χ0v) is 9.67. The Morgan fingerprint density at radius 3 is 2.67 bits per heavy atom. The molecule has 0 aromatic carbocycles. The highest BCUT2D eigenvalue weighted by Crippen LogP contribution is 1.87. The van der Waals surface area contributed by atoms with E-state index >= 15 is 0 Å². The molecule has 0 aliphatic heterocycles. The average molecular weight is 218 g/mol. The zero-order chi connectivity index (χ0) is 11.4. The molecule has 5 nitrogen and oxygen atoms in total. The van der Waals surface area contributed by atoms with Crippen LogP contribution in [-0.4, -0.2) is 46.1 Å². The van der Waals surface area contributed by atoms with Crippen molar-refractivity contribution in [3.63, 3.8) is 0 Å². The Labute approximate surface area is 91.5 Å². The molecule has 0 aliphatic carbocycles. The average Bonchev–Trinajstić information content (AvgIpc) is 2.22. The highest BCUT2D eigenvalue weighted by atomic mass is 16.5. The van der Waals surface area contributed by atoms with Crippen LogP contribution in [0.25, 0.3) is 0 Å². The maximum absolute atomic E-state index is 10.8. The fraction of sp³-hybridized carbons (Fsp3) is 0.900. The van der Waals surface area contributed by atoms with Crippen molar-refractivity contribution >= 4 is 6.09 Å². The smallest absolute Gasteiger partial charge is 0.407 e. The van der Waals surface area contributed by atoms with Gasteiger partial charge < -0.3 is 20.1 Å². The zero-order valence-electron chi connectivity index (χ0n) is 9.67. The van der Waals surface area contributed by atoms with Crippen LogP contribution < -0.4 is 10.6 Å². The van der Waals surface area contributed by atoms with E-state index in [0.29, 0.717) is 19.8 Å². The molecular formula is C10H22N2O3. The van der Waals surface area contributed by atoms with Crippen molar-refractivity contribution in [3.05, 3.63) is 0 Å². The molecule has 0 fully saturated rings. The van der Waals surface area contributed by atoms with E-state index in [2.05, 4.69) is 15.4 Å². The number of hydrogen-bond acceptors (Lipinski definition) is 4. The quantitative estimate of drug-likeness (QED) is 0.561. The lowest BCUT2D eigenvalue weighted by Gasteiger charge is -2.06. The summed E-state index contributed by atoms with van der Waals surface area (Å²) in [6.45, 7) is 4.98. The van der Waals surface area contributed by atoms with Gasteiger partial charge in [0.05, 0.1) is 13.2 Å². The number of carbonyl (C=O) groups is 1. The molecule has 0 aromatic rings. The van der Waals surface area contributed by atoms with Crippen LogP contribution >= 0.6 is 0 Å². The molecule has 0 bridgehead atoms. The van der Waals surface area contributed by atoms with Crippen LogP contribution in [0.5, 0.6) is 0 Å². The highest BCUT2D eigenvalue weighted by Gasteiger charge is 1.97. The molecule has 0 aromatic heterocycles. The van der Waals surface area contributed by atoms with Gasteiger partial charge in [0.1, 0.15) is 0 Å². The molecule has 0 saturated carbocycles. The minimum atomic E-state index is -0.378. The summed E-state index contributed by atoms with van der Waals surface area (Å²) in [5.74, 6) is 0. The summed E-state index contributed by atoms with van der Waals surface area (Å²) in [5, 5.41) is 5.66. The summed E-state index contributed by atoms with van der Waals surface area (Å²) in [7, 11) is 1.93. The van der Waals surface area contributed by atoms with E-state index < -0.39 is 0 Å². The molecule has 2 N–H and O–H groups in total. The lowest BCUT2D eigenvalue weighted by molar-refractivity contribution is 0.121. The van der Waals surface area contributed by atoms with Crippen LogP contribution in [0.3, 0.4) is 0 Å². The van der Waals surface area contributed by atoms with E-state index in [4.69, 9.17) is 4.74 Å². The molecule has 0 unspecified atom stereocenters. The molecular weight excluding hydrogens is 196 g/mol. The predicted molar refractivity (Wildman–Crippen MR) is 59.0 cm³/mol. The summed E-state index contributed by atoms with van der Waals surface area (Å²) in [6.07, 6.45) is 1.78. The van der Waals surface area contributed by atoms with Crippen molar-refractivity contribution in [1.29, 1.82) is 0 Å². The Morgan fingerprint density at radius 1 is 1.20 bits per heavy atom. The number of unbranched alkanes of at least 4 members (excludes halogenated alkanes) is 1. The van der Waals surface area contributed by atoms with E-state index in [0.717, 1.165) is 26.0 Å². The van der Waals surface area contributed by atoms with E-state index in [9.17, 15) is 4.79 Å². The van der Waals surface area contributed by atoms with Crippen molar-refractivity contribution in [1.82, 2.24) is 10.6 Å². The normalized spacial score (nSPS) is 10.0. The van der Waals surface area contributed by atoms with Crippen LogP contribution in [0.15, 0.2) is 0 Å². The number of alkyl carbamates (subject to hydrolysis) is 1. The number of carbonyl (C=O) groups excluding carboxylic acids is 1. The van der Waals surface area contributed by atoms with Crippen molar-refractivity contribution < 1.29 is 14.3 Å². The first-order valence-electron chi connectivity index (χ1n) is 5.44. The molecule has 0 saturated heterocycles. The second-order valence-corrected chi connectivity index (χ2v) is 3.07. The first-order valence-corrected chi connectivity index (χ1v) is 5.44. The Morgan fingerprint density at radius 2 is 2.00 bits per heavy atom. The number of nitrogens with one attached hydrogen (secondary N) is 2. The van der Waals surface area contributed by atoms with Crippen LogP contribution in [0.4, 0.5) is 4.79 Å². The van der Waals surface area contributed by atoms with Gasteiger partial charge >= 0.3 is 6.09 Å². The SMILES string of the molecule is CCOC(=O)NCCOCCCCNC. The Hall–Kier alpha value is -0.810. The fourth-order valence-electron chi connectivity index (χ4n) is 1.02. The number of hydrogen-bond donors (Lipinski definition) is 2. The maximum Gasteiger partial charge on any atom is 0.407 e. The van der Waals surface area contributed by atoms with Gasteiger partial charge in [0.25, 0.3) is 0 Å². The van der Waals surface area contributed by atoms with E-state index in [1.54, 1.807) is 6.92 Å². The molecule has 0 rings (SSSR count). The van der Waals surface area contributed by atoms with E-state index in [1.165, 1.54) is 0 Å². The third kappa shape index (κ3) is 11.1. The van der Waals surface area contributed by atoms with Gasteiger partial charge in [-0.1, -0.05) is 0 Å². The second-order valence-electron chi connectivity index (χ2n) is 3.07. The maximum atomic E-state index is 10.8. The second kappa shape index (κ2) is 11.3. The first kappa shape index (κ1) is 14.2. The molecule has 5 heteroatoms. The minimum absolute atomic E-state index is 0.378. The molecule has 0 radical (unpaired) electrons. The van der Waals surface area contributed by atoms with Gasteiger partial charge in [0.15, 0.2) is 0 Å². The Balaban J connectivity index is 3.01. The third-order valence-electron chi connectivity index (χ3n) is 1.76. The van der Waals surface area contributed by atoms with Gasteiger partial charge in [-0.15, -0.1) is 0 Å². The van der Waals surface area contributed by atoms with Crippen LogP contribution in [0.2, 0.25) is 0 Å². The lowest BCUT2D eigenvalue weighted by Crippen LogP contribution is -2.28. The molecule has 0 aliphatic rings. The van der Waals surface area contributed by atoms with Crippen molar-refractivity contribution in [2.24, 2.45) is 0 Å². The summed E-state index contributed by atoms with van der Waals surface area (Å²) in [5.41, 5.74) is 0. The van der Waals surface area contributed by atoms with Gasteiger partial charge in [-0.2, -0.15) is 0 Å². The van der Waals surface area contributed by atoms with Crippen LogP contribution in [0, 0.1) is 0 Å². The van der Waals surface area contributed by atoms with Crippen molar-refractivity contribution in [2.75, 3.05) is 40.0 Å². The standard InChI is InChI=1S/C10H22N2O3/c1-3-15-10(13)12-7-9-14-8-5-4-6-11-2/h11H,3-9H2,1-2H3,(H,12,13). The molecule has 0 heterocycles. The summed E-state index contributed by atoms with van der Waals surface area (Å²) < 4.78 is 10.00. The molecule has 15 heavy (non-hydrogen) atoms. The Kier molecular flexibility index (Phi) is 10.7. The van der Waals surface area contributed by atoms with E-state index in [-0.39, 0.29) is 6.09 Å². The predicted octanol–water partition coefficient (Wildman–Crippen LogP) is 0.749. The van der Waals surface area contributed by atoms with Gasteiger partial charge in [0, 0.05) is 13.2 Å². The van der Waals surface area contributed by atoms with Crippen LogP contribution in [-0.2, 0) is 9.47 Å². The summed E-state index contributed by atoms with van der Waals surface area (Å²) >= 11 is 0. The van der Waals surface area contributed by atoms with Crippen molar-refractivity contribution in [2.45, 2.75) is 19.8 Å². The van der Waals surface area contributed by atoms with Gasteiger partial charge in [-0.3, -0.25) is 0 Å². The van der Waals surface area contributed by atoms with Crippen molar-refractivity contribution in [3.8, 4) is 0 Å². The minimum Gasteiger partial charge on any atom is -0.450 e. The monoisotopic (exact) mass is 218 g/mol. The topological polar surface area (TPSA) is 59.6 Å². The number of amides is 1. The summed E-state index contributed by atoms with van der Waals surface area (Å²) in [4.78, 5) is 10.8. The summed E-state index contributed by atoms with van der Waals surface area (Å²) in [6, 6.07) is 0. The first-order chi connectivity index (χ1) is 7.31. The third-order valence-corrected chi connectivity index (χ3v) is 1.76. The van der Waals surface area contributed by atoms with Gasteiger partial charge in [0.2, 0.25) is 0 Å². The molecule has 0 spiro atoms. The van der Waals surface area contributed by atoms with Gasteiger partial charge in [-0.25, -0.2) is 4.79 Å². The largest absolute Gasteiger partial charge is 0.450 e. The molecule has 90 valence electrons. The van der Waals surface area contributed by atoms with Gasteiger partial charge in [-0.05, 0) is 33.4 Å². The lowest BCUT2D eigenvalue weighted by atomic mass is 10.3. The van der Waals surface area contributed by atoms with E-state index in [1.807, 2.05) is 7.05 Å². The molecule has 0 atom stereocenters. The Bertz CT molecular complexity index is 154.